The summed E-state index contributed by atoms with van der Waals surface area (Å²) < 4.78 is 9.82. The molecule has 0 heterocycles. The van der Waals surface area contributed by atoms with Gasteiger partial charge in [0.15, 0.2) is 12.4 Å². The molecule has 0 aliphatic heterocycles. The molecular weight excluding hydrogens is 416 g/mol. The number of carbonyl (C=O) groups excluding carboxylic acids is 2. The van der Waals surface area contributed by atoms with Gasteiger partial charge in [-0.25, -0.2) is 4.79 Å². The number of ether oxygens (including phenoxy) is 2. The standard InChI is InChI=1S/C22H18N4O6/c1-31-20-12-7-15(13-19(20)26(29)30)22(28)32-14-21(27)23-16-8-10-18(11-9-16)25-24-17-5-3-2-4-6-17/h2-13H,14H2,1H3,(H,23,27). The fourth-order valence-corrected chi connectivity index (χ4v) is 2.59. The average molecular weight is 434 g/mol. The number of esters is 1. The van der Waals surface area contributed by atoms with Gasteiger partial charge in [-0.05, 0) is 48.5 Å². The maximum atomic E-state index is 12.1. The topological polar surface area (TPSA) is 132 Å². The van der Waals surface area contributed by atoms with Gasteiger partial charge in [0.2, 0.25) is 0 Å². The molecule has 0 saturated carbocycles. The number of benzene rings is 3. The SMILES string of the molecule is COc1ccc(C(=O)OCC(=O)Nc2ccc(N=Nc3ccccc3)cc2)cc1[N+](=O)[O-]. The van der Waals surface area contributed by atoms with Crippen LogP contribution in [-0.4, -0.2) is 30.5 Å². The molecule has 3 aromatic rings. The summed E-state index contributed by atoms with van der Waals surface area (Å²) in [4.78, 5) is 34.6. The van der Waals surface area contributed by atoms with Crippen molar-refractivity contribution in [2.45, 2.75) is 0 Å². The van der Waals surface area contributed by atoms with Gasteiger partial charge >= 0.3 is 11.7 Å². The van der Waals surface area contributed by atoms with E-state index < -0.39 is 23.4 Å². The zero-order valence-electron chi connectivity index (χ0n) is 16.9. The Labute approximate surface area is 182 Å². The Hall–Kier alpha value is -4.60. The zero-order chi connectivity index (χ0) is 22.9. The van der Waals surface area contributed by atoms with Crippen LogP contribution in [0.25, 0.3) is 0 Å². The van der Waals surface area contributed by atoms with E-state index in [1.165, 1.54) is 19.2 Å². The largest absolute Gasteiger partial charge is 0.490 e. The molecule has 1 N–H and O–H groups in total. The van der Waals surface area contributed by atoms with Gasteiger partial charge in [-0.3, -0.25) is 14.9 Å². The fourth-order valence-electron chi connectivity index (χ4n) is 2.59. The number of nitro groups is 1. The van der Waals surface area contributed by atoms with Gasteiger partial charge in [0.25, 0.3) is 5.91 Å². The molecule has 10 heteroatoms. The lowest BCUT2D eigenvalue weighted by Crippen LogP contribution is -2.20. The first-order valence-corrected chi connectivity index (χ1v) is 9.32. The number of hydrogen-bond acceptors (Lipinski definition) is 8. The van der Waals surface area contributed by atoms with Gasteiger partial charge in [0, 0.05) is 11.8 Å². The van der Waals surface area contributed by atoms with Gasteiger partial charge in [-0.2, -0.15) is 10.2 Å². The van der Waals surface area contributed by atoms with Crippen LogP contribution in [-0.2, 0) is 9.53 Å². The van der Waals surface area contributed by atoms with Gasteiger partial charge in [0.05, 0.1) is 29.0 Å². The van der Waals surface area contributed by atoms with E-state index in [1.807, 2.05) is 30.3 Å². The quantitative estimate of drug-likeness (QED) is 0.234. The van der Waals surface area contributed by atoms with Crippen LogP contribution in [0.1, 0.15) is 10.4 Å². The Bertz CT molecular complexity index is 1150. The van der Waals surface area contributed by atoms with Crippen LogP contribution in [0.4, 0.5) is 22.7 Å². The van der Waals surface area contributed by atoms with Crippen LogP contribution in [0.3, 0.4) is 0 Å². The highest BCUT2D eigenvalue weighted by Crippen LogP contribution is 2.27. The number of azo groups is 1. The molecule has 3 aromatic carbocycles. The normalized spacial score (nSPS) is 10.5. The molecule has 32 heavy (non-hydrogen) atoms. The Balaban J connectivity index is 1.53. The number of hydrogen-bond donors (Lipinski definition) is 1. The van der Waals surface area contributed by atoms with Gasteiger partial charge < -0.3 is 14.8 Å². The highest BCUT2D eigenvalue weighted by Gasteiger charge is 2.19. The Kier molecular flexibility index (Phi) is 7.20. The van der Waals surface area contributed by atoms with Crippen molar-refractivity contribution in [2.75, 3.05) is 19.0 Å². The van der Waals surface area contributed by atoms with Crippen LogP contribution in [0, 0.1) is 10.1 Å². The molecule has 0 aromatic heterocycles. The third-order valence-corrected chi connectivity index (χ3v) is 4.13. The average Bonchev–Trinajstić information content (AvgIpc) is 2.82. The number of amides is 1. The first-order chi connectivity index (χ1) is 15.5. The van der Waals surface area contributed by atoms with Crippen molar-refractivity contribution >= 4 is 34.6 Å². The first-order valence-electron chi connectivity index (χ1n) is 9.32. The van der Waals surface area contributed by atoms with Crippen molar-refractivity contribution in [3.05, 3.63) is 88.5 Å². The van der Waals surface area contributed by atoms with Crippen LogP contribution in [0.2, 0.25) is 0 Å². The van der Waals surface area contributed by atoms with Crippen LogP contribution in [0.15, 0.2) is 83.0 Å². The molecule has 0 spiro atoms. The van der Waals surface area contributed by atoms with Crippen LogP contribution < -0.4 is 10.1 Å². The molecule has 10 nitrogen and oxygen atoms in total. The minimum Gasteiger partial charge on any atom is -0.490 e. The smallest absolute Gasteiger partial charge is 0.338 e. The summed E-state index contributed by atoms with van der Waals surface area (Å²) >= 11 is 0. The van der Waals surface area contributed by atoms with Crippen molar-refractivity contribution in [1.29, 1.82) is 0 Å². The molecule has 0 atom stereocenters. The summed E-state index contributed by atoms with van der Waals surface area (Å²) in [6.45, 7) is -0.561. The minimum absolute atomic E-state index is 0.0102. The number of nitrogens with zero attached hydrogens (tertiary/aromatic N) is 3. The second-order valence-corrected chi connectivity index (χ2v) is 6.35. The Morgan fingerprint density at radius 2 is 1.62 bits per heavy atom. The third kappa shape index (κ3) is 5.95. The van der Waals surface area contributed by atoms with E-state index >= 15 is 0 Å². The molecule has 0 unspecified atom stereocenters. The van der Waals surface area contributed by atoms with E-state index in [4.69, 9.17) is 9.47 Å². The van der Waals surface area contributed by atoms with Crippen molar-refractivity contribution in [1.82, 2.24) is 0 Å². The molecular formula is C22H18N4O6. The number of nitro benzene ring substituents is 1. The van der Waals surface area contributed by atoms with Crippen molar-refractivity contribution in [2.24, 2.45) is 10.2 Å². The third-order valence-electron chi connectivity index (χ3n) is 4.13. The summed E-state index contributed by atoms with van der Waals surface area (Å²) in [6, 6.07) is 19.5. The summed E-state index contributed by atoms with van der Waals surface area (Å²) in [6.07, 6.45) is 0. The van der Waals surface area contributed by atoms with Crippen molar-refractivity contribution < 1.29 is 24.0 Å². The zero-order valence-corrected chi connectivity index (χ0v) is 16.9. The minimum atomic E-state index is -0.873. The molecule has 162 valence electrons. The molecule has 0 radical (unpaired) electrons. The van der Waals surface area contributed by atoms with E-state index in [9.17, 15) is 19.7 Å². The number of methoxy groups -OCH3 is 1. The number of anilines is 1. The highest BCUT2D eigenvalue weighted by atomic mass is 16.6. The summed E-state index contributed by atoms with van der Waals surface area (Å²) in [5.74, 6) is -1.43. The summed E-state index contributed by atoms with van der Waals surface area (Å²) in [5.41, 5.74) is 1.34. The van der Waals surface area contributed by atoms with Gasteiger partial charge in [0.1, 0.15) is 0 Å². The van der Waals surface area contributed by atoms with Crippen LogP contribution in [0.5, 0.6) is 5.75 Å². The summed E-state index contributed by atoms with van der Waals surface area (Å²) in [7, 11) is 1.28. The van der Waals surface area contributed by atoms with E-state index in [0.717, 1.165) is 6.07 Å². The predicted molar refractivity (Wildman–Crippen MR) is 116 cm³/mol. The number of carbonyl (C=O) groups is 2. The first kappa shape index (κ1) is 22.1. The van der Waals surface area contributed by atoms with E-state index in [0.29, 0.717) is 17.1 Å². The predicted octanol–water partition coefficient (Wildman–Crippen LogP) is 4.81. The van der Waals surface area contributed by atoms with E-state index in [-0.39, 0.29) is 17.0 Å². The molecule has 0 aliphatic carbocycles. The van der Waals surface area contributed by atoms with Gasteiger partial charge in [-0.1, -0.05) is 18.2 Å². The van der Waals surface area contributed by atoms with E-state index in [1.54, 1.807) is 24.3 Å². The Morgan fingerprint density at radius 1 is 0.969 bits per heavy atom. The van der Waals surface area contributed by atoms with Crippen molar-refractivity contribution in [3.63, 3.8) is 0 Å². The van der Waals surface area contributed by atoms with Crippen LogP contribution >= 0.6 is 0 Å². The highest BCUT2D eigenvalue weighted by molar-refractivity contribution is 5.96. The Morgan fingerprint density at radius 3 is 2.25 bits per heavy atom. The summed E-state index contributed by atoms with van der Waals surface area (Å²) in [5, 5.41) is 21.9. The van der Waals surface area contributed by atoms with Gasteiger partial charge in [-0.15, -0.1) is 0 Å². The molecule has 0 bridgehead atoms. The molecule has 1 amide bonds. The molecule has 0 saturated heterocycles. The second-order valence-electron chi connectivity index (χ2n) is 6.35. The maximum Gasteiger partial charge on any atom is 0.338 e. The maximum absolute atomic E-state index is 12.1. The molecule has 0 aliphatic rings. The molecule has 3 rings (SSSR count). The second kappa shape index (κ2) is 10.4. The van der Waals surface area contributed by atoms with Crippen molar-refractivity contribution in [3.8, 4) is 5.75 Å². The lowest BCUT2D eigenvalue weighted by Gasteiger charge is -2.07. The lowest BCUT2D eigenvalue weighted by atomic mass is 10.2. The fraction of sp³-hybridized carbons (Fsp3) is 0.0909. The van der Waals surface area contributed by atoms with E-state index in [2.05, 4.69) is 15.5 Å². The lowest BCUT2D eigenvalue weighted by molar-refractivity contribution is -0.385. The monoisotopic (exact) mass is 434 g/mol. The molecule has 0 fully saturated rings. The number of rotatable bonds is 8. The number of nitrogens with one attached hydrogen (secondary N) is 1.